The third-order valence-electron chi connectivity index (χ3n) is 2.78. The van der Waals surface area contributed by atoms with Gasteiger partial charge in [-0.1, -0.05) is 30.3 Å². The van der Waals surface area contributed by atoms with E-state index >= 15 is 0 Å². The van der Waals surface area contributed by atoms with Gasteiger partial charge in [0.15, 0.2) is 0 Å². The summed E-state index contributed by atoms with van der Waals surface area (Å²) in [5.41, 5.74) is 7.68. The Kier molecular flexibility index (Phi) is 2.53. The Bertz CT molecular complexity index is 680. The molecule has 3 aromatic rings. The van der Waals surface area contributed by atoms with E-state index < -0.39 is 0 Å². The molecule has 0 aliphatic carbocycles. The van der Waals surface area contributed by atoms with Crippen molar-refractivity contribution < 1.29 is 0 Å². The summed E-state index contributed by atoms with van der Waals surface area (Å²) in [5, 5.41) is 5.26. The van der Waals surface area contributed by atoms with Crippen molar-refractivity contribution in [2.24, 2.45) is 0 Å². The van der Waals surface area contributed by atoms with Crippen molar-refractivity contribution in [2.75, 3.05) is 11.1 Å². The first kappa shape index (κ1) is 10.5. The third-order valence-corrected chi connectivity index (χ3v) is 2.78. The van der Waals surface area contributed by atoms with E-state index in [2.05, 4.69) is 15.3 Å². The molecule has 0 bridgehead atoms. The van der Waals surface area contributed by atoms with Gasteiger partial charge in [-0.25, -0.2) is 9.97 Å². The average Bonchev–Trinajstić information content (AvgIpc) is 2.43. The Morgan fingerprint density at radius 3 is 2.50 bits per heavy atom. The van der Waals surface area contributed by atoms with Crippen molar-refractivity contribution in [1.82, 2.24) is 9.97 Å². The van der Waals surface area contributed by atoms with Crippen molar-refractivity contribution in [3.8, 4) is 0 Å². The molecule has 88 valence electrons. The lowest BCUT2D eigenvalue weighted by molar-refractivity contribution is 1.17. The van der Waals surface area contributed by atoms with Crippen LogP contribution >= 0.6 is 0 Å². The Morgan fingerprint density at radius 2 is 1.67 bits per heavy atom. The fourth-order valence-corrected chi connectivity index (χ4v) is 1.89. The van der Waals surface area contributed by atoms with Crippen LogP contribution in [-0.2, 0) is 0 Å². The van der Waals surface area contributed by atoms with Gasteiger partial charge in [0, 0.05) is 17.8 Å². The summed E-state index contributed by atoms with van der Waals surface area (Å²) in [6, 6.07) is 13.7. The zero-order valence-electron chi connectivity index (χ0n) is 9.67. The van der Waals surface area contributed by atoms with Crippen molar-refractivity contribution in [3.05, 3.63) is 54.9 Å². The molecule has 0 saturated carbocycles. The lowest BCUT2D eigenvalue weighted by Crippen LogP contribution is -2.00. The molecule has 1 aromatic heterocycles. The number of rotatable bonds is 2. The van der Waals surface area contributed by atoms with Gasteiger partial charge in [-0.3, -0.25) is 0 Å². The number of nitrogen functional groups attached to an aromatic ring is 1. The second-order valence-corrected chi connectivity index (χ2v) is 3.95. The topological polar surface area (TPSA) is 63.8 Å². The lowest BCUT2D eigenvalue weighted by atomic mass is 10.1. The third kappa shape index (κ3) is 1.84. The molecule has 3 N–H and O–H groups in total. The maximum atomic E-state index is 6.15. The summed E-state index contributed by atoms with van der Waals surface area (Å²) in [6.45, 7) is 0. The molecule has 0 radical (unpaired) electrons. The number of hydrogen-bond donors (Lipinski definition) is 2. The number of aromatic nitrogens is 2. The fraction of sp³-hybridized carbons (Fsp3) is 0. The van der Waals surface area contributed by atoms with Crippen molar-refractivity contribution in [2.45, 2.75) is 0 Å². The van der Waals surface area contributed by atoms with Crippen LogP contribution in [0.5, 0.6) is 0 Å². The molecule has 0 atom stereocenters. The first-order chi connectivity index (χ1) is 8.84. The summed E-state index contributed by atoms with van der Waals surface area (Å²) in [4.78, 5) is 8.23. The highest BCUT2D eigenvalue weighted by Crippen LogP contribution is 2.29. The number of anilines is 3. The first-order valence-corrected chi connectivity index (χ1v) is 5.66. The predicted octanol–water partition coefficient (Wildman–Crippen LogP) is 2.96. The van der Waals surface area contributed by atoms with Gasteiger partial charge < -0.3 is 11.1 Å². The normalized spacial score (nSPS) is 10.4. The predicted molar refractivity (Wildman–Crippen MR) is 73.7 cm³/mol. The van der Waals surface area contributed by atoms with Crippen LogP contribution in [0.15, 0.2) is 54.9 Å². The summed E-state index contributed by atoms with van der Waals surface area (Å²) in [7, 11) is 0. The van der Waals surface area contributed by atoms with Gasteiger partial charge in [-0.05, 0) is 17.5 Å². The Labute approximate surface area is 104 Å². The molecular formula is C14H12N4. The molecule has 18 heavy (non-hydrogen) atoms. The van der Waals surface area contributed by atoms with E-state index in [0.29, 0.717) is 11.6 Å². The molecule has 1 heterocycles. The highest BCUT2D eigenvalue weighted by molar-refractivity contribution is 5.99. The Morgan fingerprint density at radius 1 is 0.889 bits per heavy atom. The maximum absolute atomic E-state index is 6.15. The van der Waals surface area contributed by atoms with Gasteiger partial charge in [0.25, 0.3) is 0 Å². The van der Waals surface area contributed by atoms with Crippen LogP contribution in [-0.4, -0.2) is 9.97 Å². The van der Waals surface area contributed by atoms with E-state index in [1.807, 2.05) is 36.4 Å². The molecule has 4 heteroatoms. The second kappa shape index (κ2) is 4.33. The number of nitrogens with two attached hydrogens (primary N) is 1. The van der Waals surface area contributed by atoms with Crippen molar-refractivity contribution in [1.29, 1.82) is 0 Å². The molecule has 4 nitrogen and oxygen atoms in total. The van der Waals surface area contributed by atoms with E-state index in [4.69, 9.17) is 5.73 Å². The molecule has 0 spiro atoms. The average molecular weight is 236 g/mol. The standard InChI is InChI=1S/C14H12N4/c15-13-11-5-2-1-4-10(11)6-7-12(13)18-14-16-8-3-9-17-14/h1-9H,15H2,(H,16,17,18). The van der Waals surface area contributed by atoms with Crippen LogP contribution in [0.1, 0.15) is 0 Å². The lowest BCUT2D eigenvalue weighted by Gasteiger charge is -2.10. The number of benzene rings is 2. The molecule has 0 unspecified atom stereocenters. The van der Waals surface area contributed by atoms with E-state index in [9.17, 15) is 0 Å². The summed E-state index contributed by atoms with van der Waals surface area (Å²) in [6.07, 6.45) is 3.37. The van der Waals surface area contributed by atoms with Crippen LogP contribution in [0.2, 0.25) is 0 Å². The first-order valence-electron chi connectivity index (χ1n) is 5.66. The van der Waals surface area contributed by atoms with Gasteiger partial charge in [-0.15, -0.1) is 0 Å². The molecule has 0 amide bonds. The van der Waals surface area contributed by atoms with Crippen molar-refractivity contribution >= 4 is 28.1 Å². The number of fused-ring (bicyclic) bond motifs is 1. The number of nitrogens with one attached hydrogen (secondary N) is 1. The van der Waals surface area contributed by atoms with Crippen LogP contribution in [0, 0.1) is 0 Å². The minimum atomic E-state index is 0.541. The zero-order chi connectivity index (χ0) is 12.4. The quantitative estimate of drug-likeness (QED) is 0.671. The van der Waals surface area contributed by atoms with E-state index in [-0.39, 0.29) is 0 Å². The zero-order valence-corrected chi connectivity index (χ0v) is 9.67. The molecule has 0 aliphatic rings. The smallest absolute Gasteiger partial charge is 0.227 e. The van der Waals surface area contributed by atoms with E-state index in [1.165, 1.54) is 0 Å². The molecule has 3 rings (SSSR count). The molecule has 0 saturated heterocycles. The van der Waals surface area contributed by atoms with Gasteiger partial charge in [0.2, 0.25) is 5.95 Å². The van der Waals surface area contributed by atoms with Gasteiger partial charge in [0.05, 0.1) is 11.4 Å². The summed E-state index contributed by atoms with van der Waals surface area (Å²) >= 11 is 0. The SMILES string of the molecule is Nc1c(Nc2ncccn2)ccc2ccccc12. The minimum Gasteiger partial charge on any atom is -0.397 e. The Balaban J connectivity index is 2.05. The molecule has 0 aliphatic heterocycles. The van der Waals surface area contributed by atoms with Crippen LogP contribution in [0.3, 0.4) is 0 Å². The molecular weight excluding hydrogens is 224 g/mol. The van der Waals surface area contributed by atoms with Gasteiger partial charge in [0.1, 0.15) is 0 Å². The van der Waals surface area contributed by atoms with Crippen LogP contribution in [0.4, 0.5) is 17.3 Å². The van der Waals surface area contributed by atoms with Crippen LogP contribution in [0.25, 0.3) is 10.8 Å². The largest absolute Gasteiger partial charge is 0.397 e. The maximum Gasteiger partial charge on any atom is 0.227 e. The number of hydrogen-bond acceptors (Lipinski definition) is 4. The second-order valence-electron chi connectivity index (χ2n) is 3.95. The fourth-order valence-electron chi connectivity index (χ4n) is 1.89. The van der Waals surface area contributed by atoms with E-state index in [0.717, 1.165) is 16.5 Å². The summed E-state index contributed by atoms with van der Waals surface area (Å²) in [5.74, 6) is 0.541. The van der Waals surface area contributed by atoms with Crippen LogP contribution < -0.4 is 11.1 Å². The molecule has 0 fully saturated rings. The highest BCUT2D eigenvalue weighted by atomic mass is 15.1. The number of nitrogens with zero attached hydrogens (tertiary/aromatic N) is 2. The van der Waals surface area contributed by atoms with Crippen molar-refractivity contribution in [3.63, 3.8) is 0 Å². The minimum absolute atomic E-state index is 0.541. The molecule has 2 aromatic carbocycles. The van der Waals surface area contributed by atoms with E-state index in [1.54, 1.807) is 18.5 Å². The van der Waals surface area contributed by atoms with Gasteiger partial charge in [-0.2, -0.15) is 0 Å². The van der Waals surface area contributed by atoms with Gasteiger partial charge >= 0.3 is 0 Å². The summed E-state index contributed by atoms with van der Waals surface area (Å²) < 4.78 is 0. The Hall–Kier alpha value is -2.62. The highest BCUT2D eigenvalue weighted by Gasteiger charge is 2.04. The monoisotopic (exact) mass is 236 g/mol.